The molecule has 0 aliphatic carbocycles. The molecule has 1 aromatic heterocycles. The molecule has 0 saturated carbocycles. The van der Waals surface area contributed by atoms with Crippen molar-refractivity contribution in [1.29, 1.82) is 0 Å². The molecule has 0 fully saturated rings. The molecule has 0 atom stereocenters. The van der Waals surface area contributed by atoms with E-state index in [1.54, 1.807) is 43.6 Å². The van der Waals surface area contributed by atoms with Gasteiger partial charge >= 0.3 is 0 Å². The molecule has 0 spiro atoms. The van der Waals surface area contributed by atoms with E-state index in [4.69, 9.17) is 4.74 Å². The molecule has 0 aliphatic rings. The standard InChI is InChI=1S/C15H15N3O3/c1-21-12-7-4-11(5-8-12)6-9-14(19)17-18-15(20)13-3-2-10-16-13/h2-10,16H,1H3,(H,17,19)(H,18,20)/b9-6+. The smallest absolute Gasteiger partial charge is 0.286 e. The number of methoxy groups -OCH3 is 1. The molecule has 1 aromatic carbocycles. The van der Waals surface area contributed by atoms with E-state index in [-0.39, 0.29) is 0 Å². The lowest BCUT2D eigenvalue weighted by Crippen LogP contribution is -2.40. The van der Waals surface area contributed by atoms with Crippen molar-refractivity contribution >= 4 is 17.9 Å². The van der Waals surface area contributed by atoms with Gasteiger partial charge in [0.1, 0.15) is 11.4 Å². The molecule has 2 amide bonds. The number of hydrogen-bond donors (Lipinski definition) is 3. The molecule has 0 aliphatic heterocycles. The molecular weight excluding hydrogens is 270 g/mol. The van der Waals surface area contributed by atoms with Crippen molar-refractivity contribution in [1.82, 2.24) is 15.8 Å². The second-order valence-electron chi connectivity index (χ2n) is 4.13. The number of benzene rings is 1. The summed E-state index contributed by atoms with van der Waals surface area (Å²) in [5, 5.41) is 0. The third-order valence-corrected chi connectivity index (χ3v) is 2.68. The highest BCUT2D eigenvalue weighted by molar-refractivity contribution is 5.96. The summed E-state index contributed by atoms with van der Waals surface area (Å²) in [4.78, 5) is 25.9. The zero-order chi connectivity index (χ0) is 15.1. The van der Waals surface area contributed by atoms with E-state index in [2.05, 4.69) is 15.8 Å². The van der Waals surface area contributed by atoms with E-state index in [0.717, 1.165) is 11.3 Å². The molecule has 21 heavy (non-hydrogen) atoms. The van der Waals surface area contributed by atoms with Crippen LogP contribution in [0.4, 0.5) is 0 Å². The largest absolute Gasteiger partial charge is 0.497 e. The Balaban J connectivity index is 1.83. The summed E-state index contributed by atoms with van der Waals surface area (Å²) in [5.74, 6) is -0.0910. The van der Waals surface area contributed by atoms with Gasteiger partial charge in [-0.15, -0.1) is 0 Å². The number of rotatable bonds is 4. The van der Waals surface area contributed by atoms with Gasteiger partial charge in [0.25, 0.3) is 11.8 Å². The molecule has 108 valence electrons. The minimum atomic E-state index is -0.425. The van der Waals surface area contributed by atoms with Crippen molar-refractivity contribution in [2.45, 2.75) is 0 Å². The lowest BCUT2D eigenvalue weighted by molar-refractivity contribution is -0.117. The quantitative estimate of drug-likeness (QED) is 0.588. The van der Waals surface area contributed by atoms with E-state index in [1.165, 1.54) is 6.08 Å². The summed E-state index contributed by atoms with van der Waals surface area (Å²) in [6, 6.07) is 10.5. The van der Waals surface area contributed by atoms with Gasteiger partial charge in [0, 0.05) is 12.3 Å². The SMILES string of the molecule is COc1ccc(/C=C/C(=O)NNC(=O)c2ccc[nH]2)cc1. The van der Waals surface area contributed by atoms with Gasteiger partial charge in [-0.2, -0.15) is 0 Å². The number of nitrogens with one attached hydrogen (secondary N) is 3. The van der Waals surface area contributed by atoms with Gasteiger partial charge in [-0.3, -0.25) is 20.4 Å². The first-order valence-electron chi connectivity index (χ1n) is 6.25. The fraction of sp³-hybridized carbons (Fsp3) is 0.0667. The van der Waals surface area contributed by atoms with Crippen LogP contribution in [0.25, 0.3) is 6.08 Å². The number of amides is 2. The minimum Gasteiger partial charge on any atom is -0.497 e. The normalized spacial score (nSPS) is 10.3. The highest BCUT2D eigenvalue weighted by Gasteiger charge is 2.05. The highest BCUT2D eigenvalue weighted by Crippen LogP contribution is 2.12. The first-order valence-corrected chi connectivity index (χ1v) is 6.25. The Hall–Kier alpha value is -3.02. The fourth-order valence-electron chi connectivity index (χ4n) is 1.59. The monoisotopic (exact) mass is 285 g/mol. The minimum absolute atomic E-state index is 0.370. The van der Waals surface area contributed by atoms with Crippen LogP contribution in [0.5, 0.6) is 5.75 Å². The zero-order valence-corrected chi connectivity index (χ0v) is 11.4. The van der Waals surface area contributed by atoms with Crippen molar-refractivity contribution in [2.24, 2.45) is 0 Å². The van der Waals surface area contributed by atoms with E-state index < -0.39 is 11.8 Å². The van der Waals surface area contributed by atoms with Crippen LogP contribution in [-0.2, 0) is 4.79 Å². The number of aromatic nitrogens is 1. The summed E-state index contributed by atoms with van der Waals surface area (Å²) in [6.45, 7) is 0. The van der Waals surface area contributed by atoms with Crippen molar-refractivity contribution in [3.8, 4) is 5.75 Å². The van der Waals surface area contributed by atoms with Crippen LogP contribution in [0, 0.1) is 0 Å². The van der Waals surface area contributed by atoms with E-state index in [9.17, 15) is 9.59 Å². The lowest BCUT2D eigenvalue weighted by Gasteiger charge is -2.03. The maximum atomic E-state index is 11.6. The van der Waals surface area contributed by atoms with E-state index >= 15 is 0 Å². The Kier molecular flexibility index (Phi) is 4.76. The molecule has 0 radical (unpaired) electrons. The van der Waals surface area contributed by atoms with Crippen molar-refractivity contribution in [3.05, 3.63) is 59.9 Å². The lowest BCUT2D eigenvalue weighted by atomic mass is 10.2. The van der Waals surface area contributed by atoms with Crippen LogP contribution in [0.15, 0.2) is 48.7 Å². The van der Waals surface area contributed by atoms with Crippen LogP contribution in [0.2, 0.25) is 0 Å². The summed E-state index contributed by atoms with van der Waals surface area (Å²) >= 11 is 0. The van der Waals surface area contributed by atoms with Crippen molar-refractivity contribution in [3.63, 3.8) is 0 Å². The Morgan fingerprint density at radius 2 is 1.90 bits per heavy atom. The summed E-state index contributed by atoms with van der Waals surface area (Å²) < 4.78 is 5.04. The zero-order valence-electron chi connectivity index (χ0n) is 11.4. The molecular formula is C15H15N3O3. The number of carbonyl (C=O) groups is 2. The number of carbonyl (C=O) groups excluding carboxylic acids is 2. The third-order valence-electron chi connectivity index (χ3n) is 2.68. The molecule has 1 heterocycles. The average Bonchev–Trinajstić information content (AvgIpc) is 3.05. The topological polar surface area (TPSA) is 83.2 Å². The number of ether oxygens (including phenoxy) is 1. The van der Waals surface area contributed by atoms with Gasteiger partial charge in [-0.25, -0.2) is 0 Å². The maximum absolute atomic E-state index is 11.6. The van der Waals surface area contributed by atoms with Crippen LogP contribution >= 0.6 is 0 Å². The number of H-pyrrole nitrogens is 1. The van der Waals surface area contributed by atoms with Crippen molar-refractivity contribution < 1.29 is 14.3 Å². The Labute approximate surface area is 121 Å². The first kappa shape index (κ1) is 14.4. The van der Waals surface area contributed by atoms with E-state index in [1.807, 2.05) is 12.1 Å². The van der Waals surface area contributed by atoms with Crippen molar-refractivity contribution in [2.75, 3.05) is 7.11 Å². The second kappa shape index (κ2) is 6.95. The number of aromatic amines is 1. The number of hydrogen-bond acceptors (Lipinski definition) is 3. The maximum Gasteiger partial charge on any atom is 0.286 e. The Bertz CT molecular complexity index is 631. The third kappa shape index (κ3) is 4.24. The van der Waals surface area contributed by atoms with Crippen LogP contribution < -0.4 is 15.6 Å². The predicted molar refractivity (Wildman–Crippen MR) is 78.4 cm³/mol. The van der Waals surface area contributed by atoms with Gasteiger partial charge in [0.05, 0.1) is 7.11 Å². The predicted octanol–water partition coefficient (Wildman–Crippen LogP) is 1.50. The number of hydrazine groups is 1. The van der Waals surface area contributed by atoms with Gasteiger partial charge in [0.15, 0.2) is 0 Å². The summed E-state index contributed by atoms with van der Waals surface area (Å²) in [6.07, 6.45) is 4.59. The average molecular weight is 285 g/mol. The first-order chi connectivity index (χ1) is 10.2. The van der Waals surface area contributed by atoms with Crippen LogP contribution in [-0.4, -0.2) is 23.9 Å². The molecule has 6 nitrogen and oxygen atoms in total. The molecule has 3 N–H and O–H groups in total. The Morgan fingerprint density at radius 1 is 1.14 bits per heavy atom. The molecule has 0 unspecified atom stereocenters. The molecule has 2 aromatic rings. The van der Waals surface area contributed by atoms with Gasteiger partial charge in [0.2, 0.25) is 0 Å². The molecule has 0 bridgehead atoms. The van der Waals surface area contributed by atoms with Gasteiger partial charge < -0.3 is 9.72 Å². The summed E-state index contributed by atoms with van der Waals surface area (Å²) in [5.41, 5.74) is 5.81. The van der Waals surface area contributed by atoms with Crippen LogP contribution in [0.1, 0.15) is 16.1 Å². The van der Waals surface area contributed by atoms with Gasteiger partial charge in [-0.05, 0) is 35.9 Å². The Morgan fingerprint density at radius 3 is 2.52 bits per heavy atom. The highest BCUT2D eigenvalue weighted by atomic mass is 16.5. The molecule has 6 heteroatoms. The van der Waals surface area contributed by atoms with Crippen LogP contribution in [0.3, 0.4) is 0 Å². The second-order valence-corrected chi connectivity index (χ2v) is 4.13. The summed E-state index contributed by atoms with van der Waals surface area (Å²) in [7, 11) is 1.59. The van der Waals surface area contributed by atoms with E-state index in [0.29, 0.717) is 5.69 Å². The fourth-order valence-corrected chi connectivity index (χ4v) is 1.59. The molecule has 0 saturated heterocycles. The molecule has 2 rings (SSSR count). The van der Waals surface area contributed by atoms with Gasteiger partial charge in [-0.1, -0.05) is 12.1 Å².